The average molecular weight is 609 g/mol. The van der Waals surface area contributed by atoms with Gasteiger partial charge in [-0.25, -0.2) is 0 Å². The molecule has 36 heavy (non-hydrogen) atoms. The molecule has 0 radical (unpaired) electrons. The van der Waals surface area contributed by atoms with Gasteiger partial charge in [-0.3, -0.25) is 14.5 Å². The molecule has 0 unspecified atom stereocenters. The largest absolute Gasteiger partial charge is 0.492 e. The smallest absolute Gasteiger partial charge is 0.339 e. The van der Waals surface area contributed by atoms with Crippen LogP contribution in [0.5, 0.6) is 11.5 Å². The predicted octanol–water partition coefficient (Wildman–Crippen LogP) is 6.29. The topological polar surface area (TPSA) is 90.0 Å². The lowest BCUT2D eigenvalue weighted by Crippen LogP contribution is -2.32. The van der Waals surface area contributed by atoms with Crippen molar-refractivity contribution < 1.29 is 26.9 Å². The van der Waals surface area contributed by atoms with E-state index >= 15 is 0 Å². The van der Waals surface area contributed by atoms with Gasteiger partial charge in [0.25, 0.3) is 11.1 Å². The van der Waals surface area contributed by atoms with E-state index in [2.05, 4.69) is 15.9 Å². The standard InChI is InChI=1S/C25H19BrClNO6S2/c1-16-2-9-20(10-3-16)36(31,32)34-22-11-4-17(14-21(22)26)15-23-24(29)28(25(30)35-23)12-13-33-19-7-5-18(27)6-8-19/h2-11,14-15H,12-13H2,1H3/b23-15-. The second-order valence-corrected chi connectivity index (χ2v) is 11.5. The van der Waals surface area contributed by atoms with Crippen molar-refractivity contribution in [2.45, 2.75) is 11.8 Å². The van der Waals surface area contributed by atoms with Crippen LogP contribution in [0, 0.1) is 6.92 Å². The molecule has 1 heterocycles. The van der Waals surface area contributed by atoms with Crippen molar-refractivity contribution in [2.75, 3.05) is 13.2 Å². The molecule has 11 heteroatoms. The summed E-state index contributed by atoms with van der Waals surface area (Å²) >= 11 is 9.99. The number of thioether (sulfide) groups is 1. The van der Waals surface area contributed by atoms with Gasteiger partial charge >= 0.3 is 10.1 Å². The lowest BCUT2D eigenvalue weighted by Gasteiger charge is -2.13. The molecule has 3 aromatic rings. The summed E-state index contributed by atoms with van der Waals surface area (Å²) < 4.78 is 36.4. The third-order valence-corrected chi connectivity index (χ3v) is 8.06. The molecule has 3 aromatic carbocycles. The third kappa shape index (κ3) is 6.31. The molecule has 1 aliphatic heterocycles. The molecule has 4 rings (SSSR count). The van der Waals surface area contributed by atoms with Crippen molar-refractivity contribution in [1.82, 2.24) is 4.90 Å². The Hall–Kier alpha value is -2.79. The van der Waals surface area contributed by atoms with Crippen LogP contribution in [-0.2, 0) is 14.9 Å². The number of carbonyl (C=O) groups is 2. The first-order valence-electron chi connectivity index (χ1n) is 10.6. The van der Waals surface area contributed by atoms with Crippen molar-refractivity contribution in [3.63, 3.8) is 0 Å². The molecule has 0 saturated carbocycles. The zero-order valence-corrected chi connectivity index (χ0v) is 22.8. The van der Waals surface area contributed by atoms with E-state index in [0.717, 1.165) is 22.2 Å². The van der Waals surface area contributed by atoms with Gasteiger partial charge in [-0.1, -0.05) is 35.4 Å². The first-order chi connectivity index (χ1) is 17.1. The minimum Gasteiger partial charge on any atom is -0.492 e. The summed E-state index contributed by atoms with van der Waals surface area (Å²) in [5.41, 5.74) is 1.52. The molecule has 186 valence electrons. The Morgan fingerprint density at radius 3 is 2.39 bits per heavy atom. The van der Waals surface area contributed by atoms with Crippen molar-refractivity contribution >= 4 is 66.6 Å². The fourth-order valence-electron chi connectivity index (χ4n) is 3.18. The summed E-state index contributed by atoms with van der Waals surface area (Å²) in [6.45, 7) is 2.09. The Kier molecular flexibility index (Phi) is 8.09. The second kappa shape index (κ2) is 11.1. The number of ether oxygens (including phenoxy) is 1. The van der Waals surface area contributed by atoms with E-state index in [1.54, 1.807) is 54.6 Å². The highest BCUT2D eigenvalue weighted by Crippen LogP contribution is 2.34. The number of nitrogens with zero attached hydrogens (tertiary/aromatic N) is 1. The van der Waals surface area contributed by atoms with Crippen LogP contribution in [0.4, 0.5) is 4.79 Å². The van der Waals surface area contributed by atoms with E-state index in [0.29, 0.717) is 20.8 Å². The van der Waals surface area contributed by atoms with Crippen molar-refractivity contribution in [1.29, 1.82) is 0 Å². The number of rotatable bonds is 8. The summed E-state index contributed by atoms with van der Waals surface area (Å²) in [6.07, 6.45) is 1.56. The molecule has 2 amide bonds. The minimum absolute atomic E-state index is 0.0396. The maximum absolute atomic E-state index is 12.8. The monoisotopic (exact) mass is 607 g/mol. The quantitative estimate of drug-likeness (QED) is 0.219. The van der Waals surface area contributed by atoms with Crippen molar-refractivity contribution in [3.8, 4) is 11.5 Å². The van der Waals surface area contributed by atoms with Gasteiger partial charge in [0.1, 0.15) is 17.3 Å². The van der Waals surface area contributed by atoms with Gasteiger partial charge in [-0.15, -0.1) is 0 Å². The van der Waals surface area contributed by atoms with E-state index in [4.69, 9.17) is 20.5 Å². The highest BCUT2D eigenvalue weighted by atomic mass is 79.9. The number of imide groups is 1. The zero-order valence-electron chi connectivity index (χ0n) is 18.8. The predicted molar refractivity (Wildman–Crippen MR) is 143 cm³/mol. The van der Waals surface area contributed by atoms with Crippen molar-refractivity contribution in [2.24, 2.45) is 0 Å². The van der Waals surface area contributed by atoms with Crippen molar-refractivity contribution in [3.05, 3.63) is 92.3 Å². The van der Waals surface area contributed by atoms with Gasteiger partial charge in [0.05, 0.1) is 15.9 Å². The highest BCUT2D eigenvalue weighted by Gasteiger charge is 2.34. The summed E-state index contributed by atoms with van der Waals surface area (Å²) in [4.78, 5) is 26.5. The Morgan fingerprint density at radius 2 is 1.72 bits per heavy atom. The van der Waals surface area contributed by atoms with Crippen LogP contribution in [0.3, 0.4) is 0 Å². The molecular formula is C25H19BrClNO6S2. The maximum atomic E-state index is 12.8. The van der Waals surface area contributed by atoms with Crippen LogP contribution >= 0.6 is 39.3 Å². The van der Waals surface area contributed by atoms with Crippen LogP contribution in [0.2, 0.25) is 5.02 Å². The Balaban J connectivity index is 1.41. The number of halogens is 2. The van der Waals surface area contributed by atoms with E-state index < -0.39 is 21.3 Å². The summed E-state index contributed by atoms with van der Waals surface area (Å²) in [5, 5.41) is 0.187. The summed E-state index contributed by atoms with van der Waals surface area (Å²) in [7, 11) is -4.02. The van der Waals surface area contributed by atoms with E-state index in [9.17, 15) is 18.0 Å². The molecule has 0 aliphatic carbocycles. The van der Waals surface area contributed by atoms with Gasteiger partial charge in [0, 0.05) is 5.02 Å². The molecule has 0 atom stereocenters. The maximum Gasteiger partial charge on any atom is 0.339 e. The lowest BCUT2D eigenvalue weighted by atomic mass is 10.2. The van der Waals surface area contributed by atoms with Gasteiger partial charge in [-0.2, -0.15) is 8.42 Å². The molecule has 1 aliphatic rings. The van der Waals surface area contributed by atoms with E-state index in [1.165, 1.54) is 18.2 Å². The molecule has 0 N–H and O–H groups in total. The second-order valence-electron chi connectivity index (χ2n) is 7.68. The number of amides is 2. The number of benzene rings is 3. The first kappa shape index (κ1) is 26.3. The fraction of sp³-hybridized carbons (Fsp3) is 0.120. The van der Waals surface area contributed by atoms with Gasteiger partial charge < -0.3 is 8.92 Å². The third-order valence-electron chi connectivity index (χ3n) is 5.03. The molecule has 0 aromatic heterocycles. The van der Waals surface area contributed by atoms with E-state index in [-0.39, 0.29) is 28.7 Å². The SMILES string of the molecule is Cc1ccc(S(=O)(=O)Oc2ccc(/C=C3\SC(=O)N(CCOc4ccc(Cl)cc4)C3=O)cc2Br)cc1. The van der Waals surface area contributed by atoms with Crippen LogP contribution in [-0.4, -0.2) is 37.6 Å². The average Bonchev–Trinajstić information content (AvgIpc) is 3.09. The molecule has 0 spiro atoms. The molecular weight excluding hydrogens is 590 g/mol. The molecule has 1 fully saturated rings. The van der Waals surface area contributed by atoms with Gasteiger partial charge in [-0.05, 0) is 94.8 Å². The number of carbonyl (C=O) groups excluding carboxylic acids is 2. The van der Waals surface area contributed by atoms with Crippen LogP contribution < -0.4 is 8.92 Å². The highest BCUT2D eigenvalue weighted by molar-refractivity contribution is 9.10. The fourth-order valence-corrected chi connectivity index (χ4v) is 5.70. The Bertz CT molecular complexity index is 1440. The minimum atomic E-state index is -4.02. The molecule has 7 nitrogen and oxygen atoms in total. The van der Waals surface area contributed by atoms with Crippen LogP contribution in [0.25, 0.3) is 6.08 Å². The molecule has 1 saturated heterocycles. The van der Waals surface area contributed by atoms with Gasteiger partial charge in [0.2, 0.25) is 0 Å². The normalized spacial score (nSPS) is 15.0. The van der Waals surface area contributed by atoms with Gasteiger partial charge in [0.15, 0.2) is 5.75 Å². The Morgan fingerprint density at radius 1 is 1.03 bits per heavy atom. The van der Waals surface area contributed by atoms with Crippen LogP contribution in [0.15, 0.2) is 81.0 Å². The summed E-state index contributed by atoms with van der Waals surface area (Å²) in [5.74, 6) is 0.252. The lowest BCUT2D eigenvalue weighted by molar-refractivity contribution is -0.123. The zero-order chi connectivity index (χ0) is 25.9. The number of hydrogen-bond donors (Lipinski definition) is 0. The molecule has 0 bridgehead atoms. The Labute approximate surface area is 226 Å². The summed E-state index contributed by atoms with van der Waals surface area (Å²) in [6, 6.07) is 17.8. The van der Waals surface area contributed by atoms with E-state index in [1.807, 2.05) is 6.92 Å². The van der Waals surface area contributed by atoms with Crippen LogP contribution in [0.1, 0.15) is 11.1 Å². The number of hydrogen-bond acceptors (Lipinski definition) is 7. The first-order valence-corrected chi connectivity index (χ1v) is 14.0. The number of aryl methyl sites for hydroxylation is 1.